The molecule has 30 heavy (non-hydrogen) atoms. The number of aromatic nitrogens is 1. The Morgan fingerprint density at radius 2 is 1.90 bits per heavy atom. The van der Waals surface area contributed by atoms with Crippen LogP contribution in [0.25, 0.3) is 21.8 Å². The number of anilines is 1. The first kappa shape index (κ1) is 18.9. The van der Waals surface area contributed by atoms with Gasteiger partial charge in [-0.25, -0.2) is 0 Å². The van der Waals surface area contributed by atoms with Crippen LogP contribution in [0.5, 0.6) is 0 Å². The van der Waals surface area contributed by atoms with Crippen LogP contribution in [-0.2, 0) is 11.3 Å². The van der Waals surface area contributed by atoms with E-state index in [1.54, 1.807) is 4.90 Å². The highest BCUT2D eigenvalue weighted by atomic mass is 32.1. The number of carbonyl (C=O) groups is 2. The molecule has 152 valence electrons. The Bertz CT molecular complexity index is 1240. The van der Waals surface area contributed by atoms with Gasteiger partial charge < -0.3 is 14.8 Å². The monoisotopic (exact) mass is 417 g/mol. The lowest BCUT2D eigenvalue weighted by atomic mass is 10.1. The van der Waals surface area contributed by atoms with E-state index in [-0.39, 0.29) is 11.8 Å². The van der Waals surface area contributed by atoms with Crippen molar-refractivity contribution in [1.29, 1.82) is 0 Å². The summed E-state index contributed by atoms with van der Waals surface area (Å²) in [6.07, 6.45) is 1.54. The first-order valence-corrected chi connectivity index (χ1v) is 11.2. The van der Waals surface area contributed by atoms with Gasteiger partial charge in [0.2, 0.25) is 5.91 Å². The number of benzene rings is 2. The van der Waals surface area contributed by atoms with Gasteiger partial charge in [-0.3, -0.25) is 9.59 Å². The Morgan fingerprint density at radius 1 is 1.07 bits per heavy atom. The Balaban J connectivity index is 1.43. The number of carbonyl (C=O) groups excluding carboxylic acids is 2. The summed E-state index contributed by atoms with van der Waals surface area (Å²) in [5.74, 6) is -0.167. The molecule has 2 aromatic heterocycles. The quantitative estimate of drug-likeness (QED) is 0.501. The Kier molecular flexibility index (Phi) is 4.79. The molecule has 0 radical (unpaired) electrons. The number of hydrogen-bond donors (Lipinski definition) is 1. The van der Waals surface area contributed by atoms with Crippen LogP contribution in [0, 0.1) is 0 Å². The van der Waals surface area contributed by atoms with E-state index in [1.807, 2.05) is 35.7 Å². The summed E-state index contributed by atoms with van der Waals surface area (Å²) in [6.45, 7) is 3.65. The predicted octanol–water partition coefficient (Wildman–Crippen LogP) is 5.12. The van der Waals surface area contributed by atoms with Gasteiger partial charge in [0.25, 0.3) is 5.91 Å². The van der Waals surface area contributed by atoms with E-state index in [4.69, 9.17) is 0 Å². The Hall–Kier alpha value is -3.12. The zero-order valence-corrected chi connectivity index (χ0v) is 17.6. The number of aryl methyl sites for hydroxylation is 1. The molecule has 2 aromatic carbocycles. The number of likely N-dealkylation sites (tertiary alicyclic amines) is 1. The maximum Gasteiger partial charge on any atom is 0.264 e. The minimum Gasteiger partial charge on any atom is -0.341 e. The minimum atomic E-state index is -0.424. The lowest BCUT2D eigenvalue weighted by molar-refractivity contribution is -0.119. The molecule has 4 aromatic rings. The van der Waals surface area contributed by atoms with Crippen molar-refractivity contribution >= 4 is 50.6 Å². The van der Waals surface area contributed by atoms with Crippen molar-refractivity contribution in [3.63, 3.8) is 0 Å². The molecule has 1 unspecified atom stereocenters. The summed E-state index contributed by atoms with van der Waals surface area (Å²) in [5, 5.41) is 7.26. The van der Waals surface area contributed by atoms with E-state index in [9.17, 15) is 9.59 Å². The van der Waals surface area contributed by atoms with E-state index in [1.165, 1.54) is 22.2 Å². The first-order chi connectivity index (χ1) is 14.7. The molecule has 0 aliphatic carbocycles. The molecule has 1 N–H and O–H groups in total. The van der Waals surface area contributed by atoms with Crippen LogP contribution >= 0.6 is 11.3 Å². The number of amides is 2. The summed E-state index contributed by atoms with van der Waals surface area (Å²) in [5.41, 5.74) is 3.12. The summed E-state index contributed by atoms with van der Waals surface area (Å²) in [4.78, 5) is 28.2. The summed E-state index contributed by atoms with van der Waals surface area (Å²) in [6, 6.07) is 17.7. The van der Waals surface area contributed by atoms with Crippen molar-refractivity contribution in [3.8, 4) is 0 Å². The number of thiophene rings is 1. The molecule has 1 fully saturated rings. The number of fused-ring (bicyclic) bond motifs is 3. The SMILES string of the molecule is CCn1c2ccccc2c2cc(NC(=O)C3CCCN3C(=O)c3cccs3)ccc21. The smallest absolute Gasteiger partial charge is 0.264 e. The lowest BCUT2D eigenvalue weighted by Crippen LogP contribution is -2.42. The number of hydrogen-bond acceptors (Lipinski definition) is 3. The van der Waals surface area contributed by atoms with Gasteiger partial charge in [-0.2, -0.15) is 0 Å². The second kappa shape index (κ2) is 7.61. The van der Waals surface area contributed by atoms with Crippen LogP contribution in [0.3, 0.4) is 0 Å². The number of rotatable bonds is 4. The van der Waals surface area contributed by atoms with E-state index in [0.717, 1.165) is 29.6 Å². The Labute approximate surface area is 178 Å². The summed E-state index contributed by atoms with van der Waals surface area (Å²) in [7, 11) is 0. The molecular formula is C24H23N3O2S. The lowest BCUT2D eigenvalue weighted by Gasteiger charge is -2.23. The molecule has 1 saturated heterocycles. The standard InChI is InChI=1S/C24H23N3O2S/c1-2-26-19-8-4-3-7-17(19)18-15-16(11-12-20(18)26)25-23(28)21-9-5-13-27(21)24(29)22-10-6-14-30-22/h3-4,6-8,10-12,14-15,21H,2,5,9,13H2,1H3,(H,25,28). The van der Waals surface area contributed by atoms with Crippen LogP contribution < -0.4 is 5.32 Å². The fourth-order valence-corrected chi connectivity index (χ4v) is 5.20. The van der Waals surface area contributed by atoms with Gasteiger partial charge in [-0.05, 0) is 55.5 Å². The highest BCUT2D eigenvalue weighted by Gasteiger charge is 2.35. The van der Waals surface area contributed by atoms with E-state index < -0.39 is 6.04 Å². The molecule has 5 nitrogen and oxygen atoms in total. The average Bonchev–Trinajstić information content (AvgIpc) is 3.51. The Morgan fingerprint density at radius 3 is 2.70 bits per heavy atom. The van der Waals surface area contributed by atoms with Gasteiger partial charge in [0.15, 0.2) is 0 Å². The molecule has 1 aliphatic heterocycles. The second-order valence-electron chi connectivity index (χ2n) is 7.62. The minimum absolute atomic E-state index is 0.0517. The van der Waals surface area contributed by atoms with Crippen LogP contribution in [-0.4, -0.2) is 33.9 Å². The molecule has 1 atom stereocenters. The van der Waals surface area contributed by atoms with Gasteiger partial charge in [0.05, 0.1) is 4.88 Å². The third-order valence-electron chi connectivity index (χ3n) is 5.90. The van der Waals surface area contributed by atoms with Crippen LogP contribution in [0.4, 0.5) is 5.69 Å². The topological polar surface area (TPSA) is 54.3 Å². The van der Waals surface area contributed by atoms with Crippen molar-refractivity contribution in [2.24, 2.45) is 0 Å². The number of nitrogens with zero attached hydrogens (tertiary/aromatic N) is 2. The highest BCUT2D eigenvalue weighted by molar-refractivity contribution is 7.12. The van der Waals surface area contributed by atoms with Crippen molar-refractivity contribution < 1.29 is 9.59 Å². The average molecular weight is 418 g/mol. The van der Waals surface area contributed by atoms with Gasteiger partial charge in [0, 0.05) is 40.6 Å². The molecule has 5 rings (SSSR count). The molecule has 2 amide bonds. The number of nitrogens with one attached hydrogen (secondary N) is 1. The third-order valence-corrected chi connectivity index (χ3v) is 6.76. The van der Waals surface area contributed by atoms with E-state index >= 15 is 0 Å². The van der Waals surface area contributed by atoms with E-state index in [2.05, 4.69) is 41.1 Å². The normalized spacial score (nSPS) is 16.4. The molecule has 0 bridgehead atoms. The zero-order valence-electron chi connectivity index (χ0n) is 16.8. The maximum absolute atomic E-state index is 13.1. The van der Waals surface area contributed by atoms with Crippen LogP contribution in [0.1, 0.15) is 29.4 Å². The van der Waals surface area contributed by atoms with Crippen molar-refractivity contribution in [1.82, 2.24) is 9.47 Å². The second-order valence-corrected chi connectivity index (χ2v) is 8.56. The molecular weight excluding hydrogens is 394 g/mol. The van der Waals surface area contributed by atoms with E-state index in [0.29, 0.717) is 17.8 Å². The van der Waals surface area contributed by atoms with Gasteiger partial charge in [-0.15, -0.1) is 11.3 Å². The zero-order chi connectivity index (χ0) is 20.7. The fourth-order valence-electron chi connectivity index (χ4n) is 4.52. The molecule has 0 saturated carbocycles. The molecule has 6 heteroatoms. The molecule has 3 heterocycles. The van der Waals surface area contributed by atoms with Gasteiger partial charge in [0.1, 0.15) is 6.04 Å². The first-order valence-electron chi connectivity index (χ1n) is 10.3. The maximum atomic E-state index is 13.1. The van der Waals surface area contributed by atoms with Crippen LogP contribution in [0.2, 0.25) is 0 Å². The summed E-state index contributed by atoms with van der Waals surface area (Å²) >= 11 is 1.42. The van der Waals surface area contributed by atoms with Gasteiger partial charge in [-0.1, -0.05) is 24.3 Å². The number of para-hydroxylation sites is 1. The van der Waals surface area contributed by atoms with Gasteiger partial charge >= 0.3 is 0 Å². The van der Waals surface area contributed by atoms with Crippen LogP contribution in [0.15, 0.2) is 60.0 Å². The molecule has 0 spiro atoms. The van der Waals surface area contributed by atoms with Crippen molar-refractivity contribution in [2.45, 2.75) is 32.4 Å². The predicted molar refractivity (Wildman–Crippen MR) is 122 cm³/mol. The fraction of sp³-hybridized carbons (Fsp3) is 0.250. The largest absolute Gasteiger partial charge is 0.341 e. The highest BCUT2D eigenvalue weighted by Crippen LogP contribution is 2.31. The molecule has 1 aliphatic rings. The van der Waals surface area contributed by atoms with Crippen molar-refractivity contribution in [3.05, 3.63) is 64.9 Å². The third kappa shape index (κ3) is 3.08. The summed E-state index contributed by atoms with van der Waals surface area (Å²) < 4.78 is 2.29. The van der Waals surface area contributed by atoms with Crippen molar-refractivity contribution in [2.75, 3.05) is 11.9 Å².